The maximum Gasteiger partial charge on any atom is 0.252 e. The topological polar surface area (TPSA) is 73.5 Å². The number of likely N-dealkylation sites (N-methyl/N-ethyl adjacent to an activating group) is 1. The summed E-state index contributed by atoms with van der Waals surface area (Å²) in [6.07, 6.45) is 1.94. The van der Waals surface area contributed by atoms with Crippen LogP contribution in [0.25, 0.3) is 0 Å². The van der Waals surface area contributed by atoms with Gasteiger partial charge in [-0.3, -0.25) is 9.59 Å². The van der Waals surface area contributed by atoms with Crippen molar-refractivity contribution in [1.82, 2.24) is 16.0 Å². The average molecular weight is 391 g/mol. The van der Waals surface area contributed by atoms with Crippen LogP contribution in [0.3, 0.4) is 0 Å². The van der Waals surface area contributed by atoms with Crippen LogP contribution in [0.15, 0.2) is 24.3 Å². The fraction of sp³-hybridized carbons (Fsp3) is 0.524. The lowest BCUT2D eigenvalue weighted by Crippen LogP contribution is -2.47. The molecule has 1 saturated heterocycles. The molecule has 0 saturated carbocycles. The fourth-order valence-electron chi connectivity index (χ4n) is 3.75. The minimum atomic E-state index is -0.448. The molecule has 154 valence electrons. The molecule has 1 aromatic carbocycles. The van der Waals surface area contributed by atoms with E-state index < -0.39 is 11.7 Å². The molecule has 1 aromatic rings. The Bertz CT molecular complexity index is 750. The van der Waals surface area contributed by atoms with Gasteiger partial charge in [0.1, 0.15) is 5.82 Å². The molecule has 2 unspecified atom stereocenters. The van der Waals surface area contributed by atoms with Crippen LogP contribution in [0, 0.1) is 12.7 Å². The summed E-state index contributed by atoms with van der Waals surface area (Å²) in [6.45, 7) is 11.3. The average Bonchev–Trinajstić information content (AvgIpc) is 2.68. The van der Waals surface area contributed by atoms with E-state index in [2.05, 4.69) is 34.4 Å². The van der Waals surface area contributed by atoms with E-state index in [0.717, 1.165) is 37.2 Å². The second kappa shape index (κ2) is 9.68. The number of amides is 2. The third-order valence-electron chi connectivity index (χ3n) is 5.29. The number of hydrogen-bond donors (Lipinski definition) is 3. The van der Waals surface area contributed by atoms with Crippen LogP contribution in [0.1, 0.15) is 42.6 Å². The van der Waals surface area contributed by atoms with Crippen molar-refractivity contribution in [2.75, 3.05) is 31.6 Å². The molecule has 1 aliphatic rings. The molecule has 1 heterocycles. The fourth-order valence-corrected chi connectivity index (χ4v) is 3.75. The van der Waals surface area contributed by atoms with Gasteiger partial charge >= 0.3 is 0 Å². The molecular weight excluding hydrogens is 359 g/mol. The van der Waals surface area contributed by atoms with Crippen LogP contribution in [0.4, 0.5) is 10.1 Å². The maximum atomic E-state index is 14.4. The van der Waals surface area contributed by atoms with Gasteiger partial charge in [0.05, 0.1) is 0 Å². The number of carbonyl (C=O) groups is 2. The molecule has 1 aliphatic heterocycles. The summed E-state index contributed by atoms with van der Waals surface area (Å²) in [7, 11) is 1.50. The van der Waals surface area contributed by atoms with Crippen LogP contribution in [0.5, 0.6) is 0 Å². The van der Waals surface area contributed by atoms with E-state index in [-0.39, 0.29) is 23.6 Å². The third kappa shape index (κ3) is 5.10. The standard InChI is InChI=1S/C21H31FN4O2/c1-6-26(17-7-8-24-14(3)9-17)19-11-16(22)10-18(15(19)4)21(28)25-12-13(2)20(27)23-5/h10-11,14,17,24H,2,6-9,12H2,1,3-5H3,(H,23,27)(H,25,28). The van der Waals surface area contributed by atoms with Gasteiger partial charge in [-0.25, -0.2) is 4.39 Å². The summed E-state index contributed by atoms with van der Waals surface area (Å²) in [5, 5.41) is 8.55. The Balaban J connectivity index is 2.25. The van der Waals surface area contributed by atoms with Crippen molar-refractivity contribution < 1.29 is 14.0 Å². The number of hydrogen-bond acceptors (Lipinski definition) is 4. The first kappa shape index (κ1) is 21.9. The van der Waals surface area contributed by atoms with Crippen molar-refractivity contribution in [3.05, 3.63) is 41.2 Å². The number of halogens is 1. The van der Waals surface area contributed by atoms with Crippen LogP contribution in [0.2, 0.25) is 0 Å². The van der Waals surface area contributed by atoms with Gasteiger partial charge in [-0.15, -0.1) is 0 Å². The summed E-state index contributed by atoms with van der Waals surface area (Å²) in [5.74, 6) is -1.21. The van der Waals surface area contributed by atoms with Crippen molar-refractivity contribution in [1.29, 1.82) is 0 Å². The number of rotatable bonds is 7. The first-order valence-electron chi connectivity index (χ1n) is 9.76. The van der Waals surface area contributed by atoms with Crippen LogP contribution in [-0.4, -0.2) is 50.6 Å². The molecule has 6 nitrogen and oxygen atoms in total. The van der Waals surface area contributed by atoms with Gasteiger partial charge in [-0.05, 0) is 57.9 Å². The van der Waals surface area contributed by atoms with Crippen molar-refractivity contribution in [2.45, 2.75) is 45.7 Å². The molecule has 7 heteroatoms. The maximum absolute atomic E-state index is 14.4. The quantitative estimate of drug-likeness (QED) is 0.624. The van der Waals surface area contributed by atoms with Crippen LogP contribution < -0.4 is 20.9 Å². The zero-order chi connectivity index (χ0) is 20.8. The van der Waals surface area contributed by atoms with Crippen molar-refractivity contribution >= 4 is 17.5 Å². The van der Waals surface area contributed by atoms with Gasteiger partial charge in [-0.1, -0.05) is 6.58 Å². The van der Waals surface area contributed by atoms with Gasteiger partial charge in [0.2, 0.25) is 5.91 Å². The smallest absolute Gasteiger partial charge is 0.252 e. The summed E-state index contributed by atoms with van der Waals surface area (Å²) in [6, 6.07) is 3.45. The Morgan fingerprint density at radius 1 is 1.39 bits per heavy atom. The molecular formula is C21H31FN4O2. The largest absolute Gasteiger partial charge is 0.368 e. The number of anilines is 1. The van der Waals surface area contributed by atoms with E-state index in [0.29, 0.717) is 12.1 Å². The third-order valence-corrected chi connectivity index (χ3v) is 5.29. The van der Waals surface area contributed by atoms with Crippen LogP contribution >= 0.6 is 0 Å². The van der Waals surface area contributed by atoms with Crippen molar-refractivity contribution in [3.63, 3.8) is 0 Å². The first-order valence-corrected chi connectivity index (χ1v) is 9.76. The first-order chi connectivity index (χ1) is 13.3. The zero-order valence-corrected chi connectivity index (χ0v) is 17.2. The molecule has 0 bridgehead atoms. The van der Waals surface area contributed by atoms with Crippen molar-refractivity contribution in [3.8, 4) is 0 Å². The van der Waals surface area contributed by atoms with E-state index in [4.69, 9.17) is 0 Å². The Labute approximate surface area is 166 Å². The van der Waals surface area contributed by atoms with Crippen molar-refractivity contribution in [2.24, 2.45) is 0 Å². The number of piperidine rings is 1. The zero-order valence-electron chi connectivity index (χ0n) is 17.2. The lowest BCUT2D eigenvalue weighted by atomic mass is 9.96. The Morgan fingerprint density at radius 3 is 2.71 bits per heavy atom. The molecule has 3 N–H and O–H groups in total. The van der Waals surface area contributed by atoms with Crippen LogP contribution in [-0.2, 0) is 4.79 Å². The summed E-state index contributed by atoms with van der Waals surface area (Å²) in [4.78, 5) is 26.4. The lowest BCUT2D eigenvalue weighted by Gasteiger charge is -2.39. The SMILES string of the molecule is C=C(CNC(=O)c1cc(F)cc(N(CC)C2CCNC(C)C2)c1C)C(=O)NC. The van der Waals surface area contributed by atoms with E-state index in [1.54, 1.807) is 0 Å². The molecule has 0 aliphatic carbocycles. The number of nitrogens with one attached hydrogen (secondary N) is 3. The van der Waals surface area contributed by atoms with Gasteiger partial charge in [-0.2, -0.15) is 0 Å². The number of nitrogens with zero attached hydrogens (tertiary/aromatic N) is 1. The van der Waals surface area contributed by atoms with E-state index in [9.17, 15) is 14.0 Å². The highest BCUT2D eigenvalue weighted by molar-refractivity contribution is 5.99. The monoisotopic (exact) mass is 390 g/mol. The highest BCUT2D eigenvalue weighted by Crippen LogP contribution is 2.29. The van der Waals surface area contributed by atoms with Gasteiger partial charge < -0.3 is 20.9 Å². The number of carbonyl (C=O) groups excluding carboxylic acids is 2. The van der Waals surface area contributed by atoms with Gasteiger partial charge in [0.25, 0.3) is 5.91 Å². The second-order valence-corrected chi connectivity index (χ2v) is 7.28. The molecule has 2 atom stereocenters. The van der Waals surface area contributed by atoms with Gasteiger partial charge in [0, 0.05) is 49.0 Å². The molecule has 0 spiro atoms. The lowest BCUT2D eigenvalue weighted by molar-refractivity contribution is -0.117. The van der Waals surface area contributed by atoms with E-state index in [1.807, 2.05) is 13.8 Å². The van der Waals surface area contributed by atoms with E-state index >= 15 is 0 Å². The predicted octanol–water partition coefficient (Wildman–Crippen LogP) is 2.13. The Morgan fingerprint density at radius 2 is 2.11 bits per heavy atom. The highest BCUT2D eigenvalue weighted by Gasteiger charge is 2.26. The molecule has 1 fully saturated rings. The van der Waals surface area contributed by atoms with E-state index in [1.165, 1.54) is 19.2 Å². The predicted molar refractivity (Wildman–Crippen MR) is 110 cm³/mol. The highest BCUT2D eigenvalue weighted by atomic mass is 19.1. The minimum absolute atomic E-state index is 0.00704. The Hall–Kier alpha value is -2.41. The van der Waals surface area contributed by atoms with Gasteiger partial charge in [0.15, 0.2) is 0 Å². The second-order valence-electron chi connectivity index (χ2n) is 7.28. The minimum Gasteiger partial charge on any atom is -0.368 e. The molecule has 2 rings (SSSR count). The molecule has 0 radical (unpaired) electrons. The summed E-state index contributed by atoms with van der Waals surface area (Å²) < 4.78 is 14.4. The molecule has 2 amide bonds. The Kier molecular flexibility index (Phi) is 7.57. The molecule has 28 heavy (non-hydrogen) atoms. The normalized spacial score (nSPS) is 19.0. The summed E-state index contributed by atoms with van der Waals surface area (Å²) >= 11 is 0. The summed E-state index contributed by atoms with van der Waals surface area (Å²) in [5.41, 5.74) is 2.00. The number of benzene rings is 1. The molecule has 0 aromatic heterocycles.